The Hall–Kier alpha value is -2.12. The van der Waals surface area contributed by atoms with Crippen molar-refractivity contribution in [3.05, 3.63) is 29.3 Å². The van der Waals surface area contributed by atoms with Gasteiger partial charge in [0.1, 0.15) is 12.4 Å². The van der Waals surface area contributed by atoms with E-state index in [1.165, 1.54) is 7.11 Å². The fourth-order valence-corrected chi connectivity index (χ4v) is 3.45. The molecule has 1 saturated heterocycles. The van der Waals surface area contributed by atoms with Crippen LogP contribution < -0.4 is 15.8 Å². The summed E-state index contributed by atoms with van der Waals surface area (Å²) in [5.41, 5.74) is 6.81. The Morgan fingerprint density at radius 2 is 2.12 bits per heavy atom. The van der Waals surface area contributed by atoms with Gasteiger partial charge in [-0.1, -0.05) is 6.07 Å². The number of rotatable bonds is 3. The van der Waals surface area contributed by atoms with Crippen LogP contribution in [0.1, 0.15) is 28.8 Å². The van der Waals surface area contributed by atoms with E-state index in [4.69, 9.17) is 15.2 Å². The fourth-order valence-electron chi connectivity index (χ4n) is 3.45. The molecule has 0 aliphatic carbocycles. The topological polar surface area (TPSA) is 93.9 Å². The molecule has 2 aliphatic heterocycles. The molecule has 1 amide bonds. The van der Waals surface area contributed by atoms with Crippen molar-refractivity contribution in [3.8, 4) is 5.75 Å². The summed E-state index contributed by atoms with van der Waals surface area (Å²) < 4.78 is 10.6. The summed E-state index contributed by atoms with van der Waals surface area (Å²) >= 11 is 0. The Balaban J connectivity index is 1.71. The van der Waals surface area contributed by atoms with E-state index in [9.17, 15) is 9.59 Å². The molecule has 1 aromatic rings. The van der Waals surface area contributed by atoms with Gasteiger partial charge in [-0.15, -0.1) is 0 Å². The van der Waals surface area contributed by atoms with Crippen LogP contribution >= 0.6 is 0 Å². The van der Waals surface area contributed by atoms with E-state index < -0.39 is 5.41 Å². The molecule has 7 nitrogen and oxygen atoms in total. The second kappa shape index (κ2) is 7.41. The predicted molar refractivity (Wildman–Crippen MR) is 92.3 cm³/mol. The number of methoxy groups -OCH3 is 1. The lowest BCUT2D eigenvalue weighted by Gasteiger charge is -2.39. The minimum Gasteiger partial charge on any atom is -0.492 e. The normalized spacial score (nSPS) is 19.4. The summed E-state index contributed by atoms with van der Waals surface area (Å²) in [7, 11) is 1.38. The second-order valence-corrected chi connectivity index (χ2v) is 6.62. The number of hydrogen-bond donors (Lipinski definition) is 2. The third kappa shape index (κ3) is 3.48. The van der Waals surface area contributed by atoms with Crippen LogP contribution in [0.15, 0.2) is 18.2 Å². The molecule has 1 aromatic carbocycles. The van der Waals surface area contributed by atoms with E-state index in [1.54, 1.807) is 4.90 Å². The third-order valence-electron chi connectivity index (χ3n) is 5.18. The molecule has 25 heavy (non-hydrogen) atoms. The van der Waals surface area contributed by atoms with E-state index >= 15 is 0 Å². The first kappa shape index (κ1) is 17.7. The highest BCUT2D eigenvalue weighted by molar-refractivity contribution is 5.95. The van der Waals surface area contributed by atoms with E-state index in [1.807, 2.05) is 18.2 Å². The SMILES string of the molecule is COC(=O)C1(CN)CCN(C(=O)c2ccc3c(c2)OCCNC3)CC1. The summed E-state index contributed by atoms with van der Waals surface area (Å²) in [6.45, 7) is 3.34. The highest BCUT2D eigenvalue weighted by atomic mass is 16.5. The zero-order chi connectivity index (χ0) is 17.9. The van der Waals surface area contributed by atoms with Gasteiger partial charge in [-0.3, -0.25) is 9.59 Å². The van der Waals surface area contributed by atoms with Crippen molar-refractivity contribution in [2.45, 2.75) is 19.4 Å². The Morgan fingerprint density at radius 3 is 2.80 bits per heavy atom. The summed E-state index contributed by atoms with van der Waals surface area (Å²) in [4.78, 5) is 26.6. The van der Waals surface area contributed by atoms with Crippen molar-refractivity contribution in [3.63, 3.8) is 0 Å². The average molecular weight is 347 g/mol. The zero-order valence-corrected chi connectivity index (χ0v) is 14.5. The van der Waals surface area contributed by atoms with Crippen LogP contribution in [0.25, 0.3) is 0 Å². The quantitative estimate of drug-likeness (QED) is 0.775. The molecule has 0 saturated carbocycles. The number of amides is 1. The standard InChI is InChI=1S/C18H25N3O4/c1-24-17(23)18(12-19)4-7-21(8-5-18)16(22)13-2-3-14-11-20-6-9-25-15(14)10-13/h2-3,10,20H,4-9,11-12,19H2,1H3. The first-order valence-electron chi connectivity index (χ1n) is 8.64. The molecular weight excluding hydrogens is 322 g/mol. The van der Waals surface area contributed by atoms with E-state index in [-0.39, 0.29) is 18.4 Å². The molecule has 7 heteroatoms. The number of likely N-dealkylation sites (tertiary alicyclic amines) is 1. The number of esters is 1. The Kier molecular flexibility index (Phi) is 5.24. The van der Waals surface area contributed by atoms with Crippen molar-refractivity contribution >= 4 is 11.9 Å². The number of nitrogens with zero attached hydrogens (tertiary/aromatic N) is 1. The number of fused-ring (bicyclic) bond motifs is 1. The molecule has 0 bridgehead atoms. The number of ether oxygens (including phenoxy) is 2. The van der Waals surface area contributed by atoms with E-state index in [0.717, 1.165) is 24.4 Å². The molecule has 0 radical (unpaired) electrons. The number of hydrogen-bond acceptors (Lipinski definition) is 6. The lowest BCUT2D eigenvalue weighted by atomic mass is 9.78. The molecular formula is C18H25N3O4. The average Bonchev–Trinajstić information content (AvgIpc) is 2.91. The summed E-state index contributed by atoms with van der Waals surface area (Å²) in [5.74, 6) is 0.436. The molecule has 0 aromatic heterocycles. The van der Waals surface area contributed by atoms with Gasteiger partial charge < -0.3 is 25.4 Å². The highest BCUT2D eigenvalue weighted by Crippen LogP contribution is 2.32. The predicted octanol–water partition coefficient (Wildman–Crippen LogP) is 0.523. The third-order valence-corrected chi connectivity index (χ3v) is 5.18. The zero-order valence-electron chi connectivity index (χ0n) is 14.5. The minimum absolute atomic E-state index is 0.0425. The van der Waals surface area contributed by atoms with Gasteiger partial charge in [0.05, 0.1) is 12.5 Å². The van der Waals surface area contributed by atoms with Crippen LogP contribution in [0, 0.1) is 5.41 Å². The van der Waals surface area contributed by atoms with Crippen molar-refractivity contribution in [1.29, 1.82) is 0 Å². The molecule has 0 spiro atoms. The van der Waals surface area contributed by atoms with Crippen LogP contribution in [0.3, 0.4) is 0 Å². The Labute approximate surface area is 147 Å². The summed E-state index contributed by atoms with van der Waals surface area (Å²) in [6, 6.07) is 5.59. The number of nitrogens with two attached hydrogens (primary N) is 1. The van der Waals surface area contributed by atoms with Gasteiger partial charge in [0.25, 0.3) is 5.91 Å². The number of carbonyl (C=O) groups is 2. The Bertz CT molecular complexity index is 654. The van der Waals surface area contributed by atoms with Gasteiger partial charge >= 0.3 is 5.97 Å². The van der Waals surface area contributed by atoms with Crippen LogP contribution in [0.4, 0.5) is 0 Å². The van der Waals surface area contributed by atoms with Gasteiger partial charge in [-0.2, -0.15) is 0 Å². The number of carbonyl (C=O) groups excluding carboxylic acids is 2. The highest BCUT2D eigenvalue weighted by Gasteiger charge is 2.42. The molecule has 2 heterocycles. The fraction of sp³-hybridized carbons (Fsp3) is 0.556. The maximum atomic E-state index is 12.8. The largest absolute Gasteiger partial charge is 0.492 e. The molecule has 0 atom stereocenters. The maximum absolute atomic E-state index is 12.8. The van der Waals surface area contributed by atoms with Crippen molar-refractivity contribution < 1.29 is 19.1 Å². The molecule has 0 unspecified atom stereocenters. The first-order chi connectivity index (χ1) is 12.1. The molecule has 3 N–H and O–H groups in total. The summed E-state index contributed by atoms with van der Waals surface area (Å²) in [6.07, 6.45) is 1.04. The Morgan fingerprint density at radius 1 is 1.36 bits per heavy atom. The lowest BCUT2D eigenvalue weighted by Crippen LogP contribution is -2.50. The molecule has 1 fully saturated rings. The molecule has 136 valence electrons. The maximum Gasteiger partial charge on any atom is 0.313 e. The number of nitrogens with one attached hydrogen (secondary N) is 1. The monoisotopic (exact) mass is 347 g/mol. The van der Waals surface area contributed by atoms with Gasteiger partial charge in [0.2, 0.25) is 0 Å². The van der Waals surface area contributed by atoms with Crippen LogP contribution in [-0.2, 0) is 16.1 Å². The van der Waals surface area contributed by atoms with Gasteiger partial charge in [-0.25, -0.2) is 0 Å². The first-order valence-corrected chi connectivity index (χ1v) is 8.64. The second-order valence-electron chi connectivity index (χ2n) is 6.62. The van der Waals surface area contributed by atoms with Crippen LogP contribution in [0.2, 0.25) is 0 Å². The van der Waals surface area contributed by atoms with Gasteiger partial charge in [0, 0.05) is 43.9 Å². The number of piperidine rings is 1. The number of benzene rings is 1. The molecule has 3 rings (SSSR count). The van der Waals surface area contributed by atoms with Crippen LogP contribution in [0.5, 0.6) is 5.75 Å². The van der Waals surface area contributed by atoms with Crippen molar-refractivity contribution in [1.82, 2.24) is 10.2 Å². The van der Waals surface area contributed by atoms with Crippen molar-refractivity contribution in [2.24, 2.45) is 11.1 Å². The van der Waals surface area contributed by atoms with Gasteiger partial charge in [-0.05, 0) is 25.0 Å². The minimum atomic E-state index is -0.673. The summed E-state index contributed by atoms with van der Waals surface area (Å²) in [5, 5.41) is 3.27. The smallest absolute Gasteiger partial charge is 0.313 e. The van der Waals surface area contributed by atoms with E-state index in [2.05, 4.69) is 5.32 Å². The lowest BCUT2D eigenvalue weighted by molar-refractivity contribution is -0.154. The van der Waals surface area contributed by atoms with Crippen LogP contribution in [-0.4, -0.2) is 56.7 Å². The van der Waals surface area contributed by atoms with Crippen molar-refractivity contribution in [2.75, 3.05) is 39.9 Å². The molecule has 2 aliphatic rings. The van der Waals surface area contributed by atoms with E-state index in [0.29, 0.717) is 38.1 Å². The van der Waals surface area contributed by atoms with Gasteiger partial charge in [0.15, 0.2) is 0 Å².